The number of hydrogen-bond acceptors (Lipinski definition) is 1. The molecule has 0 aliphatic carbocycles. The Morgan fingerprint density at radius 3 is 1.67 bits per heavy atom. The van der Waals surface area contributed by atoms with Gasteiger partial charge in [-0.2, -0.15) is 0 Å². The molecule has 0 saturated carbocycles. The molecule has 3 aromatic carbocycles. The molecule has 140 valence electrons. The molecule has 0 spiro atoms. The first-order valence-electron chi connectivity index (χ1n) is 9.75. The smallest absolute Gasteiger partial charge is 0.0225 e. The molecule has 0 aliphatic rings. The molecule has 0 radical (unpaired) electrons. The van der Waals surface area contributed by atoms with Crippen LogP contribution in [0.25, 0.3) is 0 Å². The average molecular weight is 375 g/mol. The summed E-state index contributed by atoms with van der Waals surface area (Å²) in [6, 6.07) is 30.7. The van der Waals surface area contributed by atoms with Crippen LogP contribution in [0.1, 0.15) is 43.9 Å². The lowest BCUT2D eigenvalue weighted by Gasteiger charge is -2.46. The van der Waals surface area contributed by atoms with Gasteiger partial charge in [0.05, 0.1) is 0 Å². The zero-order valence-corrected chi connectivity index (χ0v) is 17.7. The van der Waals surface area contributed by atoms with Crippen molar-refractivity contribution < 1.29 is 0 Å². The molecule has 0 saturated heterocycles. The molecule has 0 aromatic heterocycles. The van der Waals surface area contributed by atoms with E-state index in [-0.39, 0.29) is 10.8 Å². The SMILES string of the molecule is Cc1ccccc1SCCC(C)(C)C(C)(c1ccccc1)c1ccccc1. The maximum atomic E-state index is 2.42. The summed E-state index contributed by atoms with van der Waals surface area (Å²) in [4.78, 5) is 1.40. The fraction of sp³-hybridized carbons (Fsp3) is 0.308. The van der Waals surface area contributed by atoms with Gasteiger partial charge in [-0.15, -0.1) is 11.8 Å². The Morgan fingerprint density at radius 2 is 1.15 bits per heavy atom. The second-order valence-corrected chi connectivity index (χ2v) is 9.24. The van der Waals surface area contributed by atoms with Crippen LogP contribution in [0.5, 0.6) is 0 Å². The predicted molar refractivity (Wildman–Crippen MR) is 120 cm³/mol. The fourth-order valence-electron chi connectivity index (χ4n) is 3.88. The Bertz CT molecular complexity index is 810. The summed E-state index contributed by atoms with van der Waals surface area (Å²) in [5, 5.41) is 0. The lowest BCUT2D eigenvalue weighted by atomic mass is 9.58. The van der Waals surface area contributed by atoms with Crippen molar-refractivity contribution in [1.82, 2.24) is 0 Å². The third-order valence-electron chi connectivity index (χ3n) is 6.13. The summed E-state index contributed by atoms with van der Waals surface area (Å²) < 4.78 is 0. The van der Waals surface area contributed by atoms with Crippen molar-refractivity contribution in [3.8, 4) is 0 Å². The minimum atomic E-state index is -0.0399. The molecule has 0 amide bonds. The molecule has 0 aliphatic heterocycles. The molecule has 0 unspecified atom stereocenters. The summed E-state index contributed by atoms with van der Waals surface area (Å²) in [5.74, 6) is 1.12. The van der Waals surface area contributed by atoms with Crippen LogP contribution in [-0.2, 0) is 5.41 Å². The van der Waals surface area contributed by atoms with Crippen LogP contribution in [0.3, 0.4) is 0 Å². The largest absolute Gasteiger partial charge is 0.126 e. The number of aryl methyl sites for hydroxylation is 1. The zero-order valence-electron chi connectivity index (χ0n) is 16.9. The van der Waals surface area contributed by atoms with Crippen molar-refractivity contribution in [3.63, 3.8) is 0 Å². The van der Waals surface area contributed by atoms with E-state index in [1.54, 1.807) is 0 Å². The van der Waals surface area contributed by atoms with E-state index in [9.17, 15) is 0 Å². The van der Waals surface area contributed by atoms with Crippen LogP contribution in [0.4, 0.5) is 0 Å². The third kappa shape index (κ3) is 4.14. The molecule has 0 atom stereocenters. The summed E-state index contributed by atoms with van der Waals surface area (Å²) in [7, 11) is 0. The van der Waals surface area contributed by atoms with Crippen molar-refractivity contribution in [1.29, 1.82) is 0 Å². The van der Waals surface area contributed by atoms with Gasteiger partial charge in [-0.05, 0) is 47.3 Å². The maximum Gasteiger partial charge on any atom is 0.0225 e. The number of benzene rings is 3. The first-order valence-corrected chi connectivity index (χ1v) is 10.7. The van der Waals surface area contributed by atoms with E-state index in [1.807, 2.05) is 11.8 Å². The summed E-state index contributed by atoms with van der Waals surface area (Å²) in [6.45, 7) is 9.46. The van der Waals surface area contributed by atoms with Crippen LogP contribution < -0.4 is 0 Å². The quantitative estimate of drug-likeness (QED) is 0.386. The van der Waals surface area contributed by atoms with E-state index in [2.05, 4.69) is 113 Å². The molecule has 27 heavy (non-hydrogen) atoms. The van der Waals surface area contributed by atoms with Gasteiger partial charge in [0.1, 0.15) is 0 Å². The van der Waals surface area contributed by atoms with Gasteiger partial charge in [0.25, 0.3) is 0 Å². The topological polar surface area (TPSA) is 0 Å². The molecule has 0 nitrogen and oxygen atoms in total. The molecule has 0 N–H and O–H groups in total. The van der Waals surface area contributed by atoms with Crippen molar-refractivity contribution in [2.45, 2.75) is 44.4 Å². The average Bonchev–Trinajstić information content (AvgIpc) is 2.70. The van der Waals surface area contributed by atoms with Crippen molar-refractivity contribution in [2.24, 2.45) is 5.41 Å². The molecular formula is C26H30S. The monoisotopic (exact) mass is 374 g/mol. The van der Waals surface area contributed by atoms with Crippen LogP contribution in [-0.4, -0.2) is 5.75 Å². The third-order valence-corrected chi connectivity index (χ3v) is 7.31. The van der Waals surface area contributed by atoms with E-state index in [1.165, 1.54) is 21.6 Å². The van der Waals surface area contributed by atoms with Gasteiger partial charge in [-0.25, -0.2) is 0 Å². The minimum Gasteiger partial charge on any atom is -0.126 e. The molecule has 1 heteroatoms. The van der Waals surface area contributed by atoms with Gasteiger partial charge in [0, 0.05) is 10.3 Å². The van der Waals surface area contributed by atoms with Gasteiger partial charge in [0.15, 0.2) is 0 Å². The first-order chi connectivity index (χ1) is 12.9. The highest BCUT2D eigenvalue weighted by molar-refractivity contribution is 7.99. The molecule has 3 aromatic rings. The van der Waals surface area contributed by atoms with Gasteiger partial charge in [-0.3, -0.25) is 0 Å². The van der Waals surface area contributed by atoms with Crippen LogP contribution in [0.15, 0.2) is 89.8 Å². The maximum absolute atomic E-state index is 2.42. The Balaban J connectivity index is 1.88. The Kier molecular flexibility index (Phi) is 6.11. The normalized spacial score (nSPS) is 12.1. The number of hydrogen-bond donors (Lipinski definition) is 0. The van der Waals surface area contributed by atoms with Gasteiger partial charge < -0.3 is 0 Å². The zero-order chi connectivity index (χ0) is 19.3. The lowest BCUT2D eigenvalue weighted by molar-refractivity contribution is 0.212. The highest BCUT2D eigenvalue weighted by Crippen LogP contribution is 2.49. The highest BCUT2D eigenvalue weighted by atomic mass is 32.2. The van der Waals surface area contributed by atoms with E-state index >= 15 is 0 Å². The Morgan fingerprint density at radius 1 is 0.667 bits per heavy atom. The van der Waals surface area contributed by atoms with E-state index < -0.39 is 0 Å². The first kappa shape index (κ1) is 19.8. The fourth-order valence-corrected chi connectivity index (χ4v) is 5.18. The predicted octanol–water partition coefficient (Wildman–Crippen LogP) is 7.51. The standard InChI is InChI=1S/C26H30S/c1-21-13-11-12-18-24(21)27-20-19-25(2,3)26(4,22-14-7-5-8-15-22)23-16-9-6-10-17-23/h5-18H,19-20H2,1-4H3. The molecule has 0 bridgehead atoms. The van der Waals surface area contributed by atoms with Crippen LogP contribution >= 0.6 is 11.8 Å². The van der Waals surface area contributed by atoms with Gasteiger partial charge in [-0.1, -0.05) is 99.6 Å². The van der Waals surface area contributed by atoms with Crippen LogP contribution in [0.2, 0.25) is 0 Å². The van der Waals surface area contributed by atoms with Gasteiger partial charge >= 0.3 is 0 Å². The lowest BCUT2D eigenvalue weighted by Crippen LogP contribution is -2.41. The van der Waals surface area contributed by atoms with Crippen molar-refractivity contribution >= 4 is 11.8 Å². The summed E-state index contributed by atoms with van der Waals surface area (Å²) in [5.41, 5.74) is 4.23. The highest BCUT2D eigenvalue weighted by Gasteiger charge is 2.43. The second kappa shape index (κ2) is 8.35. The summed E-state index contributed by atoms with van der Waals surface area (Å²) in [6.07, 6.45) is 1.15. The van der Waals surface area contributed by atoms with E-state index in [0.29, 0.717) is 0 Å². The summed E-state index contributed by atoms with van der Waals surface area (Å²) >= 11 is 1.98. The molecule has 0 fully saturated rings. The Labute approximate surface area is 169 Å². The molecule has 0 heterocycles. The van der Waals surface area contributed by atoms with E-state index in [0.717, 1.165) is 12.2 Å². The number of rotatable bonds is 7. The Hall–Kier alpha value is -1.99. The number of thioether (sulfide) groups is 1. The van der Waals surface area contributed by atoms with Crippen molar-refractivity contribution in [3.05, 3.63) is 102 Å². The van der Waals surface area contributed by atoms with E-state index in [4.69, 9.17) is 0 Å². The molecule has 3 rings (SSSR count). The molecular weight excluding hydrogens is 344 g/mol. The minimum absolute atomic E-state index is 0.0399. The van der Waals surface area contributed by atoms with Crippen LogP contribution in [0, 0.1) is 12.3 Å². The van der Waals surface area contributed by atoms with Gasteiger partial charge in [0.2, 0.25) is 0 Å². The second-order valence-electron chi connectivity index (χ2n) is 8.10. The van der Waals surface area contributed by atoms with Crippen molar-refractivity contribution in [2.75, 3.05) is 5.75 Å².